The molecule has 0 radical (unpaired) electrons. The van der Waals surface area contributed by atoms with E-state index in [-0.39, 0.29) is 6.07 Å². The van der Waals surface area contributed by atoms with Gasteiger partial charge in [0.05, 0.1) is 12.0 Å². The van der Waals surface area contributed by atoms with E-state index < -0.39 is 92.3 Å². The van der Waals surface area contributed by atoms with Gasteiger partial charge in [-0.2, -0.15) is 4.39 Å². The second-order valence-electron chi connectivity index (χ2n) is 5.58. The number of halogens is 9. The van der Waals surface area contributed by atoms with Crippen LogP contribution < -0.4 is 5.43 Å². The Bertz CT molecular complexity index is 1230. The van der Waals surface area contributed by atoms with Crippen molar-refractivity contribution in [3.8, 4) is 0 Å². The summed E-state index contributed by atoms with van der Waals surface area (Å²) in [6.45, 7) is 0. The molecule has 0 atom stereocenters. The first-order chi connectivity index (χ1) is 13.5. The van der Waals surface area contributed by atoms with Crippen LogP contribution in [0.15, 0.2) is 15.3 Å². The van der Waals surface area contributed by atoms with Gasteiger partial charge in [-0.3, -0.25) is 9.59 Å². The third-order valence-electron chi connectivity index (χ3n) is 3.82. The van der Waals surface area contributed by atoms with Gasteiger partial charge in [-0.15, -0.1) is 0 Å². The topological polar surface area (TPSA) is 47.3 Å². The van der Waals surface area contributed by atoms with Crippen LogP contribution in [0.25, 0.3) is 11.0 Å². The van der Waals surface area contributed by atoms with Gasteiger partial charge in [0.2, 0.25) is 17.5 Å². The van der Waals surface area contributed by atoms with E-state index in [2.05, 4.69) is 4.42 Å². The summed E-state index contributed by atoms with van der Waals surface area (Å²) in [7, 11) is 0. The van der Waals surface area contributed by atoms with Crippen LogP contribution in [0.1, 0.15) is 16.1 Å². The van der Waals surface area contributed by atoms with Crippen LogP contribution in [-0.2, 0) is 6.42 Å². The zero-order valence-corrected chi connectivity index (χ0v) is 13.4. The molecule has 0 N–H and O–H groups in total. The number of rotatable bonds is 3. The van der Waals surface area contributed by atoms with Gasteiger partial charge in [0.25, 0.3) is 0 Å². The highest BCUT2D eigenvalue weighted by Crippen LogP contribution is 2.27. The van der Waals surface area contributed by atoms with Crippen molar-refractivity contribution in [3.05, 3.63) is 80.0 Å². The molecule has 0 aliphatic carbocycles. The molecule has 1 heterocycles. The summed E-state index contributed by atoms with van der Waals surface area (Å²) in [6.07, 6.45) is -1.36. The lowest BCUT2D eigenvalue weighted by Gasteiger charge is -2.08. The van der Waals surface area contributed by atoms with Gasteiger partial charge in [-0.05, 0) is 0 Å². The Morgan fingerprint density at radius 3 is 1.69 bits per heavy atom. The minimum Gasteiger partial charge on any atom is -0.457 e. The van der Waals surface area contributed by atoms with Crippen molar-refractivity contribution in [2.45, 2.75) is 6.42 Å². The molecule has 3 aromatic rings. The number of Topliss-reactive ketones (excluding diaryl/α,β-unsaturated/α-hetero) is 1. The van der Waals surface area contributed by atoms with E-state index >= 15 is 0 Å². The standard InChI is InChI=1S/C17H3F9O3/c18-8-6(9(19)12(22)14(24)11(8)21)4(27)1-3-2-5(28)7-10(20)13(23)15(25)16(26)17(7)29-3/h2H,1H2. The smallest absolute Gasteiger partial charge is 0.205 e. The largest absolute Gasteiger partial charge is 0.457 e. The Labute approximate surface area is 153 Å². The highest BCUT2D eigenvalue weighted by Gasteiger charge is 2.31. The fourth-order valence-corrected chi connectivity index (χ4v) is 2.49. The zero-order valence-electron chi connectivity index (χ0n) is 13.4. The summed E-state index contributed by atoms with van der Waals surface area (Å²) < 4.78 is 125. The zero-order chi connectivity index (χ0) is 21.8. The van der Waals surface area contributed by atoms with Gasteiger partial charge in [-0.25, -0.2) is 35.1 Å². The third-order valence-corrected chi connectivity index (χ3v) is 3.82. The van der Waals surface area contributed by atoms with Crippen molar-refractivity contribution in [2.75, 3.05) is 0 Å². The van der Waals surface area contributed by atoms with E-state index in [0.717, 1.165) is 0 Å². The number of benzene rings is 2. The fourth-order valence-electron chi connectivity index (χ4n) is 2.49. The van der Waals surface area contributed by atoms with E-state index in [4.69, 9.17) is 0 Å². The number of ketones is 1. The van der Waals surface area contributed by atoms with Crippen LogP contribution in [0.4, 0.5) is 39.5 Å². The highest BCUT2D eigenvalue weighted by atomic mass is 19.2. The lowest BCUT2D eigenvalue weighted by atomic mass is 10.0. The van der Waals surface area contributed by atoms with Crippen molar-refractivity contribution >= 4 is 16.8 Å². The van der Waals surface area contributed by atoms with E-state index in [1.807, 2.05) is 0 Å². The summed E-state index contributed by atoms with van der Waals surface area (Å²) >= 11 is 0. The lowest BCUT2D eigenvalue weighted by molar-refractivity contribution is 0.0975. The monoisotopic (exact) mass is 426 g/mol. The van der Waals surface area contributed by atoms with Crippen molar-refractivity contribution < 1.29 is 48.7 Å². The van der Waals surface area contributed by atoms with Crippen LogP contribution in [0.2, 0.25) is 0 Å². The fraction of sp³-hybridized carbons (Fsp3) is 0.0588. The predicted octanol–water partition coefficient (Wildman–Crippen LogP) is 4.47. The van der Waals surface area contributed by atoms with E-state index in [1.165, 1.54) is 0 Å². The summed E-state index contributed by atoms with van der Waals surface area (Å²) in [5.74, 6) is -23.9. The molecule has 3 rings (SSSR count). The molecule has 1 aromatic heterocycles. The van der Waals surface area contributed by atoms with Crippen molar-refractivity contribution in [1.29, 1.82) is 0 Å². The molecule has 12 heteroatoms. The average Bonchev–Trinajstić information content (AvgIpc) is 2.67. The molecular formula is C17H3F9O3. The maximum atomic E-state index is 13.8. The molecule has 0 aliphatic heterocycles. The SMILES string of the molecule is O=C(Cc1cc(=O)c2c(F)c(F)c(F)c(F)c2o1)c1c(F)c(F)c(F)c(F)c1F. The molecule has 0 spiro atoms. The molecule has 29 heavy (non-hydrogen) atoms. The minimum atomic E-state index is -2.52. The molecule has 0 bridgehead atoms. The maximum absolute atomic E-state index is 13.8. The normalized spacial score (nSPS) is 11.3. The van der Waals surface area contributed by atoms with E-state index in [9.17, 15) is 49.1 Å². The number of hydrogen-bond donors (Lipinski definition) is 0. The molecule has 2 aromatic carbocycles. The van der Waals surface area contributed by atoms with Gasteiger partial charge in [0.15, 0.2) is 51.7 Å². The highest BCUT2D eigenvalue weighted by molar-refractivity contribution is 5.98. The first-order valence-corrected chi connectivity index (χ1v) is 7.30. The molecule has 0 aliphatic rings. The summed E-state index contributed by atoms with van der Waals surface area (Å²) in [6, 6.07) is 0.284. The number of fused-ring (bicyclic) bond motifs is 1. The van der Waals surface area contributed by atoms with Crippen LogP contribution in [0.3, 0.4) is 0 Å². The van der Waals surface area contributed by atoms with Gasteiger partial charge in [0, 0.05) is 6.07 Å². The Balaban J connectivity index is 2.16. The molecule has 0 fully saturated rings. The lowest BCUT2D eigenvalue weighted by Crippen LogP contribution is -2.16. The molecule has 0 unspecified atom stereocenters. The molecule has 3 nitrogen and oxygen atoms in total. The Hall–Kier alpha value is -3.31. The van der Waals surface area contributed by atoms with Gasteiger partial charge in [-0.1, -0.05) is 0 Å². The second kappa shape index (κ2) is 6.94. The quantitative estimate of drug-likeness (QED) is 0.269. The maximum Gasteiger partial charge on any atom is 0.205 e. The van der Waals surface area contributed by atoms with Crippen LogP contribution >= 0.6 is 0 Å². The minimum absolute atomic E-state index is 0.284. The summed E-state index contributed by atoms with van der Waals surface area (Å²) in [4.78, 5) is 23.8. The van der Waals surface area contributed by atoms with Crippen LogP contribution in [0.5, 0.6) is 0 Å². The van der Waals surface area contributed by atoms with Gasteiger partial charge < -0.3 is 4.42 Å². The van der Waals surface area contributed by atoms with Crippen molar-refractivity contribution in [3.63, 3.8) is 0 Å². The van der Waals surface area contributed by atoms with E-state index in [0.29, 0.717) is 0 Å². The Kier molecular flexibility index (Phi) is 4.89. The summed E-state index contributed by atoms with van der Waals surface area (Å²) in [5, 5.41) is -1.35. The second-order valence-corrected chi connectivity index (χ2v) is 5.58. The molecular weight excluding hydrogens is 423 g/mol. The Morgan fingerprint density at radius 1 is 0.690 bits per heavy atom. The molecule has 0 saturated carbocycles. The number of hydrogen-bond acceptors (Lipinski definition) is 3. The van der Waals surface area contributed by atoms with Crippen molar-refractivity contribution in [2.24, 2.45) is 0 Å². The molecule has 0 amide bonds. The van der Waals surface area contributed by atoms with E-state index in [1.54, 1.807) is 0 Å². The first-order valence-electron chi connectivity index (χ1n) is 7.30. The predicted molar refractivity (Wildman–Crippen MR) is 76.6 cm³/mol. The van der Waals surface area contributed by atoms with Crippen molar-refractivity contribution in [1.82, 2.24) is 0 Å². The van der Waals surface area contributed by atoms with Gasteiger partial charge >= 0.3 is 0 Å². The average molecular weight is 426 g/mol. The molecule has 152 valence electrons. The molecule has 0 saturated heterocycles. The number of carbonyl (C=O) groups is 1. The first kappa shape index (κ1) is 20.4. The Morgan fingerprint density at radius 2 is 1.14 bits per heavy atom. The summed E-state index contributed by atoms with van der Waals surface area (Å²) in [5.41, 5.74) is -4.82. The number of carbonyl (C=O) groups excluding carboxylic acids is 1. The third kappa shape index (κ3) is 3.04. The van der Waals surface area contributed by atoms with Gasteiger partial charge in [0.1, 0.15) is 11.1 Å². The van der Waals surface area contributed by atoms with Crippen LogP contribution in [-0.4, -0.2) is 5.78 Å². The van der Waals surface area contributed by atoms with Crippen LogP contribution in [0, 0.1) is 52.4 Å².